The van der Waals surface area contributed by atoms with Gasteiger partial charge in [-0.3, -0.25) is 14.9 Å². The molecule has 1 aliphatic rings. The molecular weight excluding hydrogens is 350 g/mol. The second kappa shape index (κ2) is 7.33. The lowest BCUT2D eigenvalue weighted by Crippen LogP contribution is -2.29. The molecule has 2 heterocycles. The van der Waals surface area contributed by atoms with Crippen LogP contribution in [0.3, 0.4) is 0 Å². The average Bonchev–Trinajstić information content (AvgIpc) is 3.13. The molecule has 3 aromatic rings. The van der Waals surface area contributed by atoms with Crippen LogP contribution in [0.5, 0.6) is 0 Å². The highest BCUT2D eigenvalue weighted by Gasteiger charge is 2.20. The fourth-order valence-corrected chi connectivity index (χ4v) is 4.26. The molecule has 0 saturated heterocycles. The molecule has 1 amide bonds. The number of rotatable bonds is 4. The quantitative estimate of drug-likeness (QED) is 0.764. The van der Waals surface area contributed by atoms with Crippen molar-refractivity contribution in [1.29, 1.82) is 0 Å². The van der Waals surface area contributed by atoms with Crippen LogP contribution in [-0.4, -0.2) is 25.9 Å². The van der Waals surface area contributed by atoms with E-state index in [2.05, 4.69) is 20.6 Å². The summed E-state index contributed by atoms with van der Waals surface area (Å²) in [6, 6.07) is 7.19. The zero-order valence-corrected chi connectivity index (χ0v) is 15.0. The number of hydrogen-bond acceptors (Lipinski definition) is 6. The molecule has 0 radical (unpaired) electrons. The molecule has 8 heteroatoms. The highest BCUT2D eigenvalue weighted by atomic mass is 32.1. The SMILES string of the molecule is O=C(Cn1ncc2ccccc2c1=O)Nc1nnc(C2CCCCC2)s1. The van der Waals surface area contributed by atoms with Crippen molar-refractivity contribution in [2.75, 3.05) is 5.32 Å². The van der Waals surface area contributed by atoms with Gasteiger partial charge in [0.2, 0.25) is 11.0 Å². The Morgan fingerprint density at radius 2 is 2.00 bits per heavy atom. The lowest BCUT2D eigenvalue weighted by atomic mass is 9.90. The number of carbonyl (C=O) groups excluding carboxylic acids is 1. The molecule has 1 saturated carbocycles. The monoisotopic (exact) mass is 369 g/mol. The third kappa shape index (κ3) is 3.50. The van der Waals surface area contributed by atoms with Gasteiger partial charge in [0.15, 0.2) is 0 Å². The Balaban J connectivity index is 1.45. The molecule has 1 aromatic carbocycles. The van der Waals surface area contributed by atoms with E-state index in [1.165, 1.54) is 35.3 Å². The van der Waals surface area contributed by atoms with E-state index >= 15 is 0 Å². The summed E-state index contributed by atoms with van der Waals surface area (Å²) in [5.74, 6) is 0.123. The van der Waals surface area contributed by atoms with Crippen molar-refractivity contribution in [3.05, 3.63) is 45.8 Å². The Bertz CT molecular complexity index is 990. The number of carbonyl (C=O) groups is 1. The largest absolute Gasteiger partial charge is 0.299 e. The zero-order valence-electron chi connectivity index (χ0n) is 14.2. The topological polar surface area (TPSA) is 89.8 Å². The van der Waals surface area contributed by atoms with Gasteiger partial charge in [0.1, 0.15) is 11.6 Å². The minimum Gasteiger partial charge on any atom is -0.299 e. The molecule has 0 unspecified atom stereocenters. The Hall–Kier alpha value is -2.61. The van der Waals surface area contributed by atoms with Crippen LogP contribution in [0.2, 0.25) is 0 Å². The van der Waals surface area contributed by atoms with E-state index in [4.69, 9.17) is 0 Å². The highest BCUT2D eigenvalue weighted by molar-refractivity contribution is 7.15. The van der Waals surface area contributed by atoms with E-state index in [-0.39, 0.29) is 18.0 Å². The molecule has 0 atom stereocenters. The fourth-order valence-electron chi connectivity index (χ4n) is 3.33. The van der Waals surface area contributed by atoms with Gasteiger partial charge in [-0.2, -0.15) is 5.10 Å². The van der Waals surface area contributed by atoms with Crippen LogP contribution in [0.15, 0.2) is 35.3 Å². The maximum Gasteiger partial charge on any atom is 0.275 e. The van der Waals surface area contributed by atoms with Crippen molar-refractivity contribution in [3.63, 3.8) is 0 Å². The Morgan fingerprint density at radius 1 is 1.19 bits per heavy atom. The van der Waals surface area contributed by atoms with Crippen molar-refractivity contribution in [3.8, 4) is 0 Å². The van der Waals surface area contributed by atoms with Crippen molar-refractivity contribution >= 4 is 33.1 Å². The number of aromatic nitrogens is 4. The number of benzene rings is 1. The molecule has 4 rings (SSSR count). The smallest absolute Gasteiger partial charge is 0.275 e. The number of nitrogens with one attached hydrogen (secondary N) is 1. The average molecular weight is 369 g/mol. The summed E-state index contributed by atoms with van der Waals surface area (Å²) in [5.41, 5.74) is -0.279. The van der Waals surface area contributed by atoms with Gasteiger partial charge in [-0.25, -0.2) is 4.68 Å². The maximum atomic E-state index is 12.4. The van der Waals surface area contributed by atoms with Crippen molar-refractivity contribution in [2.45, 2.75) is 44.6 Å². The Labute approximate surface area is 154 Å². The summed E-state index contributed by atoms with van der Waals surface area (Å²) in [4.78, 5) is 24.7. The molecule has 134 valence electrons. The summed E-state index contributed by atoms with van der Waals surface area (Å²) in [7, 11) is 0. The molecule has 1 aliphatic carbocycles. The minimum absolute atomic E-state index is 0.151. The second-order valence-electron chi connectivity index (χ2n) is 6.52. The Morgan fingerprint density at radius 3 is 2.85 bits per heavy atom. The predicted octanol–water partition coefficient (Wildman–Crippen LogP) is 2.93. The van der Waals surface area contributed by atoms with Gasteiger partial charge in [0.25, 0.3) is 5.56 Å². The summed E-state index contributed by atoms with van der Waals surface area (Å²) in [5, 5.41) is 17.9. The van der Waals surface area contributed by atoms with Crippen LogP contribution in [-0.2, 0) is 11.3 Å². The Kier molecular flexibility index (Phi) is 4.75. The van der Waals surface area contributed by atoms with Crippen LogP contribution in [0.25, 0.3) is 10.8 Å². The van der Waals surface area contributed by atoms with Crippen molar-refractivity contribution in [2.24, 2.45) is 0 Å². The molecule has 2 aromatic heterocycles. The third-order valence-electron chi connectivity index (χ3n) is 4.70. The third-order valence-corrected chi connectivity index (χ3v) is 5.70. The molecule has 1 fully saturated rings. The number of anilines is 1. The standard InChI is InChI=1S/C18H19N5O2S/c24-15(11-23-17(25)14-9-5-4-8-13(14)10-19-23)20-18-22-21-16(26-18)12-6-2-1-3-7-12/h4-5,8-10,12H,1-3,6-7,11H2,(H,20,22,24). The van der Waals surface area contributed by atoms with Crippen LogP contribution < -0.4 is 10.9 Å². The number of hydrogen-bond donors (Lipinski definition) is 1. The molecule has 0 bridgehead atoms. The van der Waals surface area contributed by atoms with Crippen LogP contribution in [0.4, 0.5) is 5.13 Å². The first-order valence-electron chi connectivity index (χ1n) is 8.79. The van der Waals surface area contributed by atoms with E-state index in [0.717, 1.165) is 23.2 Å². The van der Waals surface area contributed by atoms with Gasteiger partial charge >= 0.3 is 0 Å². The van der Waals surface area contributed by atoms with E-state index in [1.807, 2.05) is 12.1 Å². The van der Waals surface area contributed by atoms with Gasteiger partial charge in [-0.05, 0) is 18.9 Å². The van der Waals surface area contributed by atoms with Gasteiger partial charge in [-0.15, -0.1) is 10.2 Å². The molecule has 0 spiro atoms. The van der Waals surface area contributed by atoms with Gasteiger partial charge in [0.05, 0.1) is 11.6 Å². The van der Waals surface area contributed by atoms with Crippen LogP contribution >= 0.6 is 11.3 Å². The number of nitrogens with zero attached hydrogens (tertiary/aromatic N) is 4. The maximum absolute atomic E-state index is 12.4. The van der Waals surface area contributed by atoms with Gasteiger partial charge in [0, 0.05) is 11.3 Å². The predicted molar refractivity (Wildman–Crippen MR) is 100 cm³/mol. The van der Waals surface area contributed by atoms with Crippen molar-refractivity contribution in [1.82, 2.24) is 20.0 Å². The number of amides is 1. The first kappa shape index (κ1) is 16.8. The van der Waals surface area contributed by atoms with Crippen LogP contribution in [0, 0.1) is 0 Å². The number of fused-ring (bicyclic) bond motifs is 1. The van der Waals surface area contributed by atoms with E-state index in [0.29, 0.717) is 16.4 Å². The second-order valence-corrected chi connectivity index (χ2v) is 7.53. The molecule has 26 heavy (non-hydrogen) atoms. The lowest BCUT2D eigenvalue weighted by molar-refractivity contribution is -0.117. The zero-order chi connectivity index (χ0) is 17.9. The summed E-state index contributed by atoms with van der Waals surface area (Å²) < 4.78 is 1.17. The lowest BCUT2D eigenvalue weighted by Gasteiger charge is -2.18. The summed E-state index contributed by atoms with van der Waals surface area (Å²) in [6.45, 7) is -0.151. The van der Waals surface area contributed by atoms with Crippen molar-refractivity contribution < 1.29 is 4.79 Å². The fraction of sp³-hybridized carbons (Fsp3) is 0.389. The highest BCUT2D eigenvalue weighted by Crippen LogP contribution is 2.35. The van der Waals surface area contributed by atoms with E-state index < -0.39 is 0 Å². The van der Waals surface area contributed by atoms with Gasteiger partial charge < -0.3 is 0 Å². The summed E-state index contributed by atoms with van der Waals surface area (Å²) >= 11 is 1.42. The first-order valence-corrected chi connectivity index (χ1v) is 9.60. The molecule has 7 nitrogen and oxygen atoms in total. The van der Waals surface area contributed by atoms with Gasteiger partial charge in [-0.1, -0.05) is 48.8 Å². The van der Waals surface area contributed by atoms with E-state index in [9.17, 15) is 9.59 Å². The normalized spacial score (nSPS) is 15.2. The summed E-state index contributed by atoms with van der Waals surface area (Å²) in [6.07, 6.45) is 7.60. The van der Waals surface area contributed by atoms with Crippen LogP contribution in [0.1, 0.15) is 43.0 Å². The first-order chi connectivity index (χ1) is 12.7. The van der Waals surface area contributed by atoms with E-state index in [1.54, 1.807) is 18.3 Å². The molecular formula is C18H19N5O2S. The molecule has 1 N–H and O–H groups in total. The minimum atomic E-state index is -0.332. The molecule has 0 aliphatic heterocycles.